The minimum Gasteiger partial charge on any atom is -0.435 e. The first-order valence-electron chi connectivity index (χ1n) is 5.91. The molecule has 0 heterocycles. The van der Waals surface area contributed by atoms with Crippen molar-refractivity contribution in [3.05, 3.63) is 29.8 Å². The lowest BCUT2D eigenvalue weighted by atomic mass is 10.1. The third kappa shape index (κ3) is 5.21. The van der Waals surface area contributed by atoms with E-state index in [0.29, 0.717) is 0 Å². The van der Waals surface area contributed by atoms with Crippen molar-refractivity contribution >= 4 is 5.91 Å². The summed E-state index contributed by atoms with van der Waals surface area (Å²) in [5.41, 5.74) is 0.203. The number of hydrogen-bond donors (Lipinski definition) is 2. The van der Waals surface area contributed by atoms with Crippen molar-refractivity contribution in [2.75, 3.05) is 6.54 Å². The summed E-state index contributed by atoms with van der Waals surface area (Å²) in [4.78, 5) is 11.7. The summed E-state index contributed by atoms with van der Waals surface area (Å²) in [6.07, 6.45) is -0.649. The molecule has 0 aliphatic rings. The molecule has 0 aliphatic carbocycles. The van der Waals surface area contributed by atoms with Crippen molar-refractivity contribution in [3.63, 3.8) is 0 Å². The molecule has 1 amide bonds. The van der Waals surface area contributed by atoms with E-state index in [2.05, 4.69) is 10.1 Å². The quantitative estimate of drug-likeness (QED) is 0.833. The second-order valence-electron chi connectivity index (χ2n) is 4.43. The molecule has 1 unspecified atom stereocenters. The van der Waals surface area contributed by atoms with Crippen LogP contribution in [0.5, 0.6) is 5.75 Å². The van der Waals surface area contributed by atoms with Crippen molar-refractivity contribution in [2.45, 2.75) is 26.6 Å². The van der Waals surface area contributed by atoms with Crippen molar-refractivity contribution < 1.29 is 23.4 Å². The first kappa shape index (κ1) is 15.4. The number of alkyl halides is 2. The predicted molar refractivity (Wildman–Crippen MR) is 66.3 cm³/mol. The van der Waals surface area contributed by atoms with E-state index in [1.807, 2.05) is 13.8 Å². The molecule has 0 spiro atoms. The zero-order chi connectivity index (χ0) is 14.4. The van der Waals surface area contributed by atoms with Gasteiger partial charge >= 0.3 is 6.61 Å². The summed E-state index contributed by atoms with van der Waals surface area (Å²) in [5, 5.41) is 12.1. The van der Waals surface area contributed by atoms with Crippen LogP contribution >= 0.6 is 0 Å². The van der Waals surface area contributed by atoms with E-state index in [1.54, 1.807) is 0 Å². The zero-order valence-electron chi connectivity index (χ0n) is 10.8. The average molecular weight is 273 g/mol. The number of aliphatic hydroxyl groups is 1. The summed E-state index contributed by atoms with van der Waals surface area (Å²) in [6, 6.07) is 5.50. The van der Waals surface area contributed by atoms with E-state index >= 15 is 0 Å². The third-order valence-electron chi connectivity index (χ3n) is 2.56. The van der Waals surface area contributed by atoms with Crippen molar-refractivity contribution in [2.24, 2.45) is 5.92 Å². The van der Waals surface area contributed by atoms with Gasteiger partial charge in [-0.25, -0.2) is 0 Å². The first-order valence-corrected chi connectivity index (χ1v) is 5.91. The Morgan fingerprint density at radius 1 is 1.42 bits per heavy atom. The smallest absolute Gasteiger partial charge is 0.387 e. The molecule has 0 saturated heterocycles. The minimum atomic E-state index is -2.93. The average Bonchev–Trinajstić information content (AvgIpc) is 2.34. The Hall–Kier alpha value is -1.69. The Morgan fingerprint density at radius 2 is 2.11 bits per heavy atom. The second-order valence-corrected chi connectivity index (χ2v) is 4.43. The Morgan fingerprint density at radius 3 is 2.68 bits per heavy atom. The molecule has 0 aromatic heterocycles. The van der Waals surface area contributed by atoms with Crippen LogP contribution in [0.15, 0.2) is 24.3 Å². The molecule has 19 heavy (non-hydrogen) atoms. The molecular weight excluding hydrogens is 256 g/mol. The van der Waals surface area contributed by atoms with E-state index in [4.69, 9.17) is 0 Å². The Bertz CT molecular complexity index is 424. The molecule has 4 nitrogen and oxygen atoms in total. The van der Waals surface area contributed by atoms with Crippen molar-refractivity contribution in [3.8, 4) is 5.75 Å². The molecule has 6 heteroatoms. The van der Waals surface area contributed by atoms with Crippen LogP contribution in [-0.2, 0) is 0 Å². The summed E-state index contributed by atoms with van der Waals surface area (Å²) in [6.45, 7) is 0.833. The van der Waals surface area contributed by atoms with Gasteiger partial charge in [-0.05, 0) is 24.1 Å². The predicted octanol–water partition coefficient (Wildman–Crippen LogP) is 2.03. The fourth-order valence-electron chi connectivity index (χ4n) is 1.35. The number of rotatable bonds is 6. The van der Waals surface area contributed by atoms with Gasteiger partial charge in [0.15, 0.2) is 0 Å². The molecule has 0 saturated carbocycles. The van der Waals surface area contributed by atoms with E-state index < -0.39 is 18.6 Å². The topological polar surface area (TPSA) is 58.6 Å². The highest BCUT2D eigenvalue weighted by molar-refractivity contribution is 5.94. The van der Waals surface area contributed by atoms with Crippen LogP contribution in [0.1, 0.15) is 24.2 Å². The van der Waals surface area contributed by atoms with Gasteiger partial charge in [-0.3, -0.25) is 4.79 Å². The molecule has 1 aromatic carbocycles. The number of carbonyl (C=O) groups is 1. The molecule has 106 valence electrons. The highest BCUT2D eigenvalue weighted by atomic mass is 19.3. The van der Waals surface area contributed by atoms with E-state index in [-0.39, 0.29) is 23.8 Å². The number of halogens is 2. The van der Waals surface area contributed by atoms with Gasteiger partial charge in [-0.2, -0.15) is 8.78 Å². The largest absolute Gasteiger partial charge is 0.435 e. The second kappa shape index (κ2) is 7.04. The molecule has 1 rings (SSSR count). The van der Waals surface area contributed by atoms with E-state index in [9.17, 15) is 18.7 Å². The normalized spacial score (nSPS) is 12.6. The van der Waals surface area contributed by atoms with Gasteiger partial charge in [0, 0.05) is 12.1 Å². The highest BCUT2D eigenvalue weighted by Gasteiger charge is 2.13. The van der Waals surface area contributed by atoms with Crippen molar-refractivity contribution in [1.29, 1.82) is 0 Å². The van der Waals surface area contributed by atoms with Gasteiger partial charge in [-0.15, -0.1) is 0 Å². The van der Waals surface area contributed by atoms with Crippen LogP contribution in [0.25, 0.3) is 0 Å². The third-order valence-corrected chi connectivity index (χ3v) is 2.56. The highest BCUT2D eigenvalue weighted by Crippen LogP contribution is 2.15. The number of benzene rings is 1. The zero-order valence-corrected chi connectivity index (χ0v) is 10.8. The molecular formula is C13H17F2NO3. The van der Waals surface area contributed by atoms with Crippen molar-refractivity contribution in [1.82, 2.24) is 5.32 Å². The van der Waals surface area contributed by atoms with E-state index in [1.165, 1.54) is 24.3 Å². The Kier molecular flexibility index (Phi) is 5.69. The standard InChI is InChI=1S/C13H17F2NO3/c1-8(2)11(17)7-16-12(18)9-4-3-5-10(6-9)19-13(14)15/h3-6,8,11,13,17H,7H2,1-2H3,(H,16,18). The lowest BCUT2D eigenvalue weighted by Crippen LogP contribution is -2.34. The number of amides is 1. The monoisotopic (exact) mass is 273 g/mol. The number of carbonyl (C=O) groups excluding carboxylic acids is 1. The summed E-state index contributed by atoms with van der Waals surface area (Å²) in [5.74, 6) is -0.500. The molecule has 0 bridgehead atoms. The lowest BCUT2D eigenvalue weighted by Gasteiger charge is -2.15. The number of ether oxygens (including phenoxy) is 1. The fourth-order valence-corrected chi connectivity index (χ4v) is 1.35. The van der Waals surface area contributed by atoms with Crippen LogP contribution in [0, 0.1) is 5.92 Å². The van der Waals surface area contributed by atoms with Gasteiger partial charge in [0.2, 0.25) is 0 Å². The lowest BCUT2D eigenvalue weighted by molar-refractivity contribution is -0.0498. The van der Waals surface area contributed by atoms with Gasteiger partial charge in [0.1, 0.15) is 5.75 Å². The molecule has 2 N–H and O–H groups in total. The maximum absolute atomic E-state index is 12.0. The fraction of sp³-hybridized carbons (Fsp3) is 0.462. The van der Waals surface area contributed by atoms with Crippen LogP contribution in [0.2, 0.25) is 0 Å². The summed E-state index contributed by atoms with van der Waals surface area (Å²) < 4.78 is 28.3. The summed E-state index contributed by atoms with van der Waals surface area (Å²) >= 11 is 0. The van der Waals surface area contributed by atoms with Gasteiger partial charge in [-0.1, -0.05) is 19.9 Å². The summed E-state index contributed by atoms with van der Waals surface area (Å²) in [7, 11) is 0. The van der Waals surface area contributed by atoms with Crippen LogP contribution < -0.4 is 10.1 Å². The van der Waals surface area contributed by atoms with Gasteiger partial charge < -0.3 is 15.2 Å². The van der Waals surface area contributed by atoms with Gasteiger partial charge in [0.05, 0.1) is 6.10 Å². The maximum atomic E-state index is 12.0. The molecule has 1 atom stereocenters. The van der Waals surface area contributed by atoms with Crippen LogP contribution in [-0.4, -0.2) is 30.3 Å². The molecule has 0 radical (unpaired) electrons. The number of nitrogens with one attached hydrogen (secondary N) is 1. The number of aliphatic hydroxyl groups excluding tert-OH is 1. The van der Waals surface area contributed by atoms with Gasteiger partial charge in [0.25, 0.3) is 5.91 Å². The maximum Gasteiger partial charge on any atom is 0.387 e. The molecule has 0 aliphatic heterocycles. The van der Waals surface area contributed by atoms with Crippen LogP contribution in [0.4, 0.5) is 8.78 Å². The molecule has 0 fully saturated rings. The minimum absolute atomic E-state index is 0.0220. The first-order chi connectivity index (χ1) is 8.90. The number of hydrogen-bond acceptors (Lipinski definition) is 3. The van der Waals surface area contributed by atoms with Crippen LogP contribution in [0.3, 0.4) is 0 Å². The SMILES string of the molecule is CC(C)C(O)CNC(=O)c1cccc(OC(F)F)c1. The Balaban J connectivity index is 2.61. The van der Waals surface area contributed by atoms with E-state index in [0.717, 1.165) is 0 Å². The molecule has 1 aromatic rings. The Labute approximate surface area is 110 Å².